The smallest absolute Gasteiger partial charge is 0.265 e. The quantitative estimate of drug-likeness (QED) is 0.586. The number of hydrogen-bond donors (Lipinski definition) is 2. The Kier molecular flexibility index (Phi) is 4.30. The van der Waals surface area contributed by atoms with Crippen LogP contribution in [0.25, 0.3) is 16.5 Å². The number of anilines is 1. The summed E-state index contributed by atoms with van der Waals surface area (Å²) in [5.41, 5.74) is 2.45. The molecule has 6 nitrogen and oxygen atoms in total. The van der Waals surface area contributed by atoms with E-state index in [1.807, 2.05) is 55.5 Å². The molecule has 0 spiro atoms. The number of pyridine rings is 1. The fourth-order valence-corrected chi connectivity index (χ4v) is 3.21. The van der Waals surface area contributed by atoms with Crippen molar-refractivity contribution < 1.29 is 4.79 Å². The Hall–Kier alpha value is -3.67. The number of carbonyl (C=O) groups excluding carboxylic acids is 1. The summed E-state index contributed by atoms with van der Waals surface area (Å²) in [6.07, 6.45) is 3.67. The molecule has 0 bridgehead atoms. The molecule has 4 aromatic rings. The van der Waals surface area contributed by atoms with Gasteiger partial charge in [-0.2, -0.15) is 5.10 Å². The molecule has 2 aromatic carbocycles. The van der Waals surface area contributed by atoms with Gasteiger partial charge < -0.3 is 5.32 Å². The van der Waals surface area contributed by atoms with E-state index in [1.165, 1.54) is 12.4 Å². The van der Waals surface area contributed by atoms with Gasteiger partial charge in [0.1, 0.15) is 0 Å². The van der Waals surface area contributed by atoms with E-state index in [4.69, 9.17) is 0 Å². The molecular formula is C21H18N4O2. The van der Waals surface area contributed by atoms with Gasteiger partial charge in [-0.15, -0.1) is 0 Å². The lowest BCUT2D eigenvalue weighted by Gasteiger charge is -2.15. The van der Waals surface area contributed by atoms with Crippen LogP contribution in [0.4, 0.5) is 5.69 Å². The van der Waals surface area contributed by atoms with E-state index in [9.17, 15) is 9.59 Å². The minimum atomic E-state index is -0.318. The van der Waals surface area contributed by atoms with Crippen LogP contribution in [0.5, 0.6) is 0 Å². The molecule has 0 aliphatic carbocycles. The summed E-state index contributed by atoms with van der Waals surface area (Å²) in [6, 6.07) is 17.0. The fraction of sp³-hybridized carbons (Fsp3) is 0.0952. The number of rotatable bonds is 4. The molecule has 0 atom stereocenters. The highest BCUT2D eigenvalue weighted by atomic mass is 16.2. The Balaban J connectivity index is 1.92. The number of aromatic amines is 1. The van der Waals surface area contributed by atoms with Gasteiger partial charge in [-0.3, -0.25) is 19.3 Å². The highest BCUT2D eigenvalue weighted by Gasteiger charge is 2.15. The number of amides is 1. The average Bonchev–Trinajstić information content (AvgIpc) is 3.23. The molecule has 0 saturated heterocycles. The zero-order valence-electron chi connectivity index (χ0n) is 14.8. The summed E-state index contributed by atoms with van der Waals surface area (Å²) in [6.45, 7) is 2.02. The number of aromatic nitrogens is 3. The Morgan fingerprint density at radius 2 is 1.96 bits per heavy atom. The number of para-hydroxylation sites is 1. The molecule has 2 aromatic heterocycles. The summed E-state index contributed by atoms with van der Waals surface area (Å²) in [4.78, 5) is 25.8. The predicted octanol–water partition coefficient (Wildman–Crippen LogP) is 3.53. The van der Waals surface area contributed by atoms with Crippen LogP contribution in [0.1, 0.15) is 23.0 Å². The second-order valence-electron chi connectivity index (χ2n) is 6.18. The Morgan fingerprint density at radius 3 is 2.67 bits per heavy atom. The van der Waals surface area contributed by atoms with Gasteiger partial charge in [-0.1, -0.05) is 37.3 Å². The molecule has 0 aliphatic heterocycles. The van der Waals surface area contributed by atoms with E-state index in [-0.39, 0.29) is 11.5 Å². The van der Waals surface area contributed by atoms with Crippen LogP contribution in [0.2, 0.25) is 0 Å². The molecule has 1 amide bonds. The maximum atomic E-state index is 13.4. The molecule has 134 valence electrons. The molecule has 0 unspecified atom stereocenters. The molecule has 27 heavy (non-hydrogen) atoms. The molecule has 6 heteroatoms. The molecule has 2 heterocycles. The van der Waals surface area contributed by atoms with Gasteiger partial charge in [0.2, 0.25) is 0 Å². The minimum absolute atomic E-state index is 0.154. The van der Waals surface area contributed by atoms with E-state index in [1.54, 1.807) is 10.6 Å². The number of fused-ring (bicyclic) bond motifs is 1. The fourth-order valence-electron chi connectivity index (χ4n) is 3.21. The third kappa shape index (κ3) is 3.01. The van der Waals surface area contributed by atoms with Gasteiger partial charge in [0.05, 0.1) is 22.8 Å². The first kappa shape index (κ1) is 16.8. The number of aryl methyl sites for hydroxylation is 1. The second-order valence-corrected chi connectivity index (χ2v) is 6.18. The SMILES string of the molecule is CCc1cc2cccc(NC(=O)c3cn[nH]c3)c2c(=O)n1-c1ccccc1. The predicted molar refractivity (Wildman–Crippen MR) is 105 cm³/mol. The molecular weight excluding hydrogens is 340 g/mol. The van der Waals surface area contributed by atoms with E-state index < -0.39 is 0 Å². The van der Waals surface area contributed by atoms with Gasteiger partial charge >= 0.3 is 0 Å². The first-order valence-electron chi connectivity index (χ1n) is 8.72. The number of carbonyl (C=O) groups is 1. The largest absolute Gasteiger partial charge is 0.321 e. The van der Waals surface area contributed by atoms with Crippen molar-refractivity contribution >= 4 is 22.4 Å². The first-order chi connectivity index (χ1) is 13.2. The van der Waals surface area contributed by atoms with Crippen LogP contribution >= 0.6 is 0 Å². The van der Waals surface area contributed by atoms with Crippen molar-refractivity contribution in [1.82, 2.24) is 14.8 Å². The van der Waals surface area contributed by atoms with Crippen LogP contribution in [0.15, 0.2) is 71.8 Å². The average molecular weight is 358 g/mol. The normalized spacial score (nSPS) is 10.9. The molecule has 4 rings (SSSR count). The summed E-state index contributed by atoms with van der Waals surface area (Å²) in [7, 11) is 0. The third-order valence-electron chi connectivity index (χ3n) is 4.51. The highest BCUT2D eigenvalue weighted by Crippen LogP contribution is 2.23. The van der Waals surface area contributed by atoms with Crippen molar-refractivity contribution in [3.05, 3.63) is 88.6 Å². The van der Waals surface area contributed by atoms with Crippen LogP contribution in [0, 0.1) is 0 Å². The number of H-pyrrole nitrogens is 1. The standard InChI is InChI=1S/C21H18N4O2/c1-2-16-11-14-7-6-10-18(24-20(26)15-12-22-23-13-15)19(14)21(27)25(16)17-8-4-3-5-9-17/h3-13H,2H2,1H3,(H,22,23)(H,24,26). The van der Waals surface area contributed by atoms with Crippen molar-refractivity contribution in [2.24, 2.45) is 0 Å². The number of benzene rings is 2. The Labute approximate surface area is 155 Å². The van der Waals surface area contributed by atoms with E-state index in [0.717, 1.165) is 16.8 Å². The maximum Gasteiger partial charge on any atom is 0.265 e. The first-order valence-corrected chi connectivity index (χ1v) is 8.72. The van der Waals surface area contributed by atoms with E-state index >= 15 is 0 Å². The summed E-state index contributed by atoms with van der Waals surface area (Å²) >= 11 is 0. The summed E-state index contributed by atoms with van der Waals surface area (Å²) in [5, 5.41) is 10.5. The zero-order chi connectivity index (χ0) is 18.8. The van der Waals surface area contributed by atoms with E-state index in [0.29, 0.717) is 23.1 Å². The van der Waals surface area contributed by atoms with Gasteiger partial charge in [0.15, 0.2) is 0 Å². The molecule has 0 fully saturated rings. The van der Waals surface area contributed by atoms with Crippen molar-refractivity contribution in [2.75, 3.05) is 5.32 Å². The minimum Gasteiger partial charge on any atom is -0.321 e. The van der Waals surface area contributed by atoms with Gasteiger partial charge in [0, 0.05) is 17.6 Å². The molecule has 0 radical (unpaired) electrons. The number of hydrogen-bond acceptors (Lipinski definition) is 3. The number of nitrogens with zero attached hydrogens (tertiary/aromatic N) is 2. The van der Waals surface area contributed by atoms with Crippen LogP contribution < -0.4 is 10.9 Å². The van der Waals surface area contributed by atoms with Crippen LogP contribution in [-0.4, -0.2) is 20.7 Å². The molecule has 0 aliphatic rings. The van der Waals surface area contributed by atoms with Crippen molar-refractivity contribution in [3.63, 3.8) is 0 Å². The molecule has 2 N–H and O–H groups in total. The Bertz CT molecular complexity index is 1160. The van der Waals surface area contributed by atoms with Crippen LogP contribution in [0.3, 0.4) is 0 Å². The van der Waals surface area contributed by atoms with Crippen molar-refractivity contribution in [1.29, 1.82) is 0 Å². The maximum absolute atomic E-state index is 13.4. The highest BCUT2D eigenvalue weighted by molar-refractivity contribution is 6.08. The Morgan fingerprint density at radius 1 is 1.15 bits per heavy atom. The van der Waals surface area contributed by atoms with Gasteiger partial charge in [0.25, 0.3) is 11.5 Å². The topological polar surface area (TPSA) is 79.8 Å². The van der Waals surface area contributed by atoms with Gasteiger partial charge in [-0.05, 0) is 36.1 Å². The number of nitrogens with one attached hydrogen (secondary N) is 2. The third-order valence-corrected chi connectivity index (χ3v) is 4.51. The lowest BCUT2D eigenvalue weighted by molar-refractivity contribution is 0.102. The lowest BCUT2D eigenvalue weighted by Crippen LogP contribution is -2.23. The van der Waals surface area contributed by atoms with Crippen molar-refractivity contribution in [2.45, 2.75) is 13.3 Å². The summed E-state index contributed by atoms with van der Waals surface area (Å²) < 4.78 is 1.70. The summed E-state index contributed by atoms with van der Waals surface area (Å²) in [5.74, 6) is -0.318. The lowest BCUT2D eigenvalue weighted by atomic mass is 10.1. The van der Waals surface area contributed by atoms with Crippen LogP contribution in [-0.2, 0) is 6.42 Å². The zero-order valence-corrected chi connectivity index (χ0v) is 14.8. The van der Waals surface area contributed by atoms with Gasteiger partial charge in [-0.25, -0.2) is 0 Å². The monoisotopic (exact) mass is 358 g/mol. The van der Waals surface area contributed by atoms with Crippen molar-refractivity contribution in [3.8, 4) is 5.69 Å². The van der Waals surface area contributed by atoms with E-state index in [2.05, 4.69) is 15.5 Å². The molecule has 0 saturated carbocycles. The second kappa shape index (κ2) is 6.92.